The minimum Gasteiger partial charge on any atom is -0.355 e. The Hall–Kier alpha value is -2.34. The highest BCUT2D eigenvalue weighted by Crippen LogP contribution is 2.15. The number of rotatable bonds is 8. The summed E-state index contributed by atoms with van der Waals surface area (Å²) in [6.07, 6.45) is 2.18. The second kappa shape index (κ2) is 8.67. The second-order valence-corrected chi connectivity index (χ2v) is 6.78. The van der Waals surface area contributed by atoms with Crippen molar-refractivity contribution in [1.82, 2.24) is 14.9 Å². The van der Waals surface area contributed by atoms with Gasteiger partial charge in [-0.3, -0.25) is 4.79 Å². The average Bonchev–Trinajstić information content (AvgIpc) is 3.04. The fourth-order valence-corrected chi connectivity index (χ4v) is 3.40. The van der Waals surface area contributed by atoms with E-state index in [-0.39, 0.29) is 11.7 Å². The molecule has 130 valence electrons. The molecule has 0 radical (unpaired) electrons. The van der Waals surface area contributed by atoms with E-state index in [2.05, 4.69) is 10.3 Å². The molecule has 0 aliphatic carbocycles. The molecule has 3 rings (SSSR count). The molecular weight excluding hydrogens is 337 g/mol. The maximum absolute atomic E-state index is 13.5. The van der Waals surface area contributed by atoms with Gasteiger partial charge in [-0.15, -0.1) is 0 Å². The highest BCUT2D eigenvalue weighted by atomic mass is 32.2. The van der Waals surface area contributed by atoms with Crippen molar-refractivity contribution in [2.24, 2.45) is 0 Å². The van der Waals surface area contributed by atoms with Crippen LogP contribution >= 0.6 is 11.8 Å². The molecule has 0 unspecified atom stereocenters. The molecule has 1 N–H and O–H groups in total. The predicted octanol–water partition coefficient (Wildman–Crippen LogP) is 3.62. The Bertz CT molecular complexity index is 849. The van der Waals surface area contributed by atoms with Crippen LogP contribution in [0, 0.1) is 5.82 Å². The zero-order valence-corrected chi connectivity index (χ0v) is 14.6. The quantitative estimate of drug-likeness (QED) is 0.627. The highest BCUT2D eigenvalue weighted by molar-refractivity contribution is 7.98. The number of carbonyl (C=O) groups excluding carboxylic acids is 1. The minimum atomic E-state index is -0.174. The number of hydrogen-bond donors (Lipinski definition) is 1. The minimum absolute atomic E-state index is 0.0178. The number of carbonyl (C=O) groups is 1. The fraction of sp³-hybridized carbons (Fsp3) is 0.263. The van der Waals surface area contributed by atoms with Crippen LogP contribution in [-0.2, 0) is 17.1 Å². The third kappa shape index (κ3) is 4.82. The van der Waals surface area contributed by atoms with Gasteiger partial charge in [0.2, 0.25) is 5.91 Å². The molecule has 0 fully saturated rings. The summed E-state index contributed by atoms with van der Waals surface area (Å²) in [7, 11) is 0. The Kier molecular flexibility index (Phi) is 6.06. The van der Waals surface area contributed by atoms with Crippen LogP contribution in [-0.4, -0.2) is 27.8 Å². The van der Waals surface area contributed by atoms with Crippen LogP contribution in [0.15, 0.2) is 54.9 Å². The largest absolute Gasteiger partial charge is 0.355 e. The first-order valence-electron chi connectivity index (χ1n) is 8.22. The Balaban J connectivity index is 1.35. The van der Waals surface area contributed by atoms with Crippen molar-refractivity contribution in [2.75, 3.05) is 12.3 Å². The SMILES string of the molecule is O=C(CCn1cnc2ccccc21)NCCSCc1ccccc1F. The first kappa shape index (κ1) is 17.5. The van der Waals surface area contributed by atoms with Crippen LogP contribution in [0.25, 0.3) is 11.0 Å². The van der Waals surface area contributed by atoms with E-state index in [0.29, 0.717) is 30.8 Å². The van der Waals surface area contributed by atoms with E-state index in [1.807, 2.05) is 34.9 Å². The number of benzene rings is 2. The molecule has 2 aromatic carbocycles. The van der Waals surface area contributed by atoms with Crippen molar-refractivity contribution in [1.29, 1.82) is 0 Å². The first-order chi connectivity index (χ1) is 12.2. The van der Waals surface area contributed by atoms with Crippen LogP contribution in [0.3, 0.4) is 0 Å². The summed E-state index contributed by atoms with van der Waals surface area (Å²) < 4.78 is 15.5. The van der Waals surface area contributed by atoms with Gasteiger partial charge in [-0.05, 0) is 23.8 Å². The topological polar surface area (TPSA) is 46.9 Å². The fourth-order valence-electron chi connectivity index (χ4n) is 2.56. The third-order valence-electron chi connectivity index (χ3n) is 3.89. The van der Waals surface area contributed by atoms with E-state index < -0.39 is 0 Å². The van der Waals surface area contributed by atoms with E-state index in [1.54, 1.807) is 30.2 Å². The van der Waals surface area contributed by atoms with Crippen LogP contribution in [0.4, 0.5) is 4.39 Å². The van der Waals surface area contributed by atoms with E-state index in [4.69, 9.17) is 0 Å². The van der Waals surface area contributed by atoms with Crippen molar-refractivity contribution in [2.45, 2.75) is 18.7 Å². The Morgan fingerprint density at radius 3 is 2.84 bits per heavy atom. The molecule has 6 heteroatoms. The van der Waals surface area contributed by atoms with Gasteiger partial charge in [0.05, 0.1) is 17.4 Å². The molecule has 0 atom stereocenters. The van der Waals surface area contributed by atoms with Crippen molar-refractivity contribution < 1.29 is 9.18 Å². The molecule has 3 aromatic rings. The van der Waals surface area contributed by atoms with Crippen molar-refractivity contribution >= 4 is 28.7 Å². The van der Waals surface area contributed by atoms with Gasteiger partial charge in [0.25, 0.3) is 0 Å². The normalized spacial score (nSPS) is 10.9. The molecule has 25 heavy (non-hydrogen) atoms. The summed E-state index contributed by atoms with van der Waals surface area (Å²) in [5.74, 6) is 1.22. The lowest BCUT2D eigenvalue weighted by atomic mass is 10.2. The van der Waals surface area contributed by atoms with Gasteiger partial charge in [0, 0.05) is 31.0 Å². The standard InChI is InChI=1S/C19H20FN3OS/c20-16-6-2-1-5-15(16)13-25-12-10-21-19(24)9-11-23-14-22-17-7-3-4-8-18(17)23/h1-8,14H,9-13H2,(H,21,24). The Labute approximate surface area is 150 Å². The van der Waals surface area contributed by atoms with Gasteiger partial charge in [0.1, 0.15) is 5.82 Å². The summed E-state index contributed by atoms with van der Waals surface area (Å²) in [4.78, 5) is 16.3. The van der Waals surface area contributed by atoms with Gasteiger partial charge >= 0.3 is 0 Å². The average molecular weight is 357 g/mol. The van der Waals surface area contributed by atoms with E-state index in [1.165, 1.54) is 6.07 Å². The summed E-state index contributed by atoms with van der Waals surface area (Å²) in [5, 5.41) is 2.91. The molecule has 1 heterocycles. The van der Waals surface area contributed by atoms with Crippen LogP contribution in [0.1, 0.15) is 12.0 Å². The van der Waals surface area contributed by atoms with Gasteiger partial charge < -0.3 is 9.88 Å². The van der Waals surface area contributed by atoms with Crippen LogP contribution in [0.2, 0.25) is 0 Å². The molecule has 0 aliphatic rings. The number of nitrogens with zero attached hydrogens (tertiary/aromatic N) is 2. The number of para-hydroxylation sites is 2. The number of imidazole rings is 1. The zero-order valence-electron chi connectivity index (χ0n) is 13.8. The van der Waals surface area contributed by atoms with Crippen LogP contribution in [0.5, 0.6) is 0 Å². The summed E-state index contributed by atoms with van der Waals surface area (Å²) >= 11 is 1.61. The number of halogens is 1. The van der Waals surface area contributed by atoms with E-state index >= 15 is 0 Å². The maximum Gasteiger partial charge on any atom is 0.221 e. The van der Waals surface area contributed by atoms with Gasteiger partial charge in [0.15, 0.2) is 0 Å². The number of amides is 1. The number of aryl methyl sites for hydroxylation is 1. The lowest BCUT2D eigenvalue weighted by Gasteiger charge is -2.07. The molecule has 0 aliphatic heterocycles. The molecule has 0 spiro atoms. The second-order valence-electron chi connectivity index (χ2n) is 5.67. The third-order valence-corrected chi connectivity index (χ3v) is 4.90. The van der Waals surface area contributed by atoms with Gasteiger partial charge in [-0.25, -0.2) is 9.37 Å². The van der Waals surface area contributed by atoms with Crippen LogP contribution < -0.4 is 5.32 Å². The molecular formula is C19H20FN3OS. The lowest BCUT2D eigenvalue weighted by molar-refractivity contribution is -0.121. The molecule has 1 amide bonds. The summed E-state index contributed by atoms with van der Waals surface area (Å²) in [5.41, 5.74) is 2.68. The molecule has 0 bridgehead atoms. The van der Waals surface area contributed by atoms with E-state index in [9.17, 15) is 9.18 Å². The molecule has 4 nitrogen and oxygen atoms in total. The van der Waals surface area contributed by atoms with E-state index in [0.717, 1.165) is 16.8 Å². The molecule has 0 saturated heterocycles. The monoisotopic (exact) mass is 357 g/mol. The maximum atomic E-state index is 13.5. The van der Waals surface area contributed by atoms with Crippen molar-refractivity contribution in [3.05, 3.63) is 66.2 Å². The number of nitrogens with one attached hydrogen (secondary N) is 1. The Morgan fingerprint density at radius 1 is 1.16 bits per heavy atom. The number of fused-ring (bicyclic) bond motifs is 1. The van der Waals surface area contributed by atoms with Gasteiger partial charge in [-0.2, -0.15) is 11.8 Å². The molecule has 0 saturated carbocycles. The highest BCUT2D eigenvalue weighted by Gasteiger charge is 2.05. The van der Waals surface area contributed by atoms with Gasteiger partial charge in [-0.1, -0.05) is 30.3 Å². The predicted molar refractivity (Wildman–Crippen MR) is 99.9 cm³/mol. The van der Waals surface area contributed by atoms with Crippen molar-refractivity contribution in [3.8, 4) is 0 Å². The smallest absolute Gasteiger partial charge is 0.221 e. The number of hydrogen-bond acceptors (Lipinski definition) is 3. The first-order valence-corrected chi connectivity index (χ1v) is 9.37. The molecule has 1 aromatic heterocycles. The number of aromatic nitrogens is 2. The summed E-state index contributed by atoms with van der Waals surface area (Å²) in [6, 6.07) is 14.7. The Morgan fingerprint density at radius 2 is 1.96 bits per heavy atom. The number of thioether (sulfide) groups is 1. The van der Waals surface area contributed by atoms with Crippen molar-refractivity contribution in [3.63, 3.8) is 0 Å². The zero-order chi connectivity index (χ0) is 17.5. The summed E-state index contributed by atoms with van der Waals surface area (Å²) in [6.45, 7) is 1.19. The lowest BCUT2D eigenvalue weighted by Crippen LogP contribution is -2.26.